The zero-order chi connectivity index (χ0) is 16.2. The highest BCUT2D eigenvalue weighted by Crippen LogP contribution is 2.23. The molecule has 0 radical (unpaired) electrons. The first kappa shape index (κ1) is 15.3. The number of aryl methyl sites for hydroxylation is 2. The van der Waals surface area contributed by atoms with E-state index in [-0.39, 0.29) is 5.91 Å². The van der Waals surface area contributed by atoms with Gasteiger partial charge in [-0.3, -0.25) is 4.79 Å². The summed E-state index contributed by atoms with van der Waals surface area (Å²) in [5, 5.41) is 2.78. The molecular weight excluding hydrogens is 290 g/mol. The molecule has 1 aliphatic carbocycles. The lowest BCUT2D eigenvalue weighted by Gasteiger charge is -2.17. The van der Waals surface area contributed by atoms with Crippen molar-refractivity contribution in [1.29, 1.82) is 0 Å². The Morgan fingerprint density at radius 1 is 1.04 bits per heavy atom. The summed E-state index contributed by atoms with van der Waals surface area (Å²) in [6, 6.07) is 14.1. The number of esters is 1. The predicted octanol–water partition coefficient (Wildman–Crippen LogP) is 2.82. The van der Waals surface area contributed by atoms with E-state index < -0.39 is 12.0 Å². The van der Waals surface area contributed by atoms with Gasteiger partial charge in [0.15, 0.2) is 6.04 Å². The molecule has 0 spiro atoms. The summed E-state index contributed by atoms with van der Waals surface area (Å²) in [6.45, 7) is 0. The van der Waals surface area contributed by atoms with Crippen molar-refractivity contribution in [3.8, 4) is 0 Å². The quantitative estimate of drug-likeness (QED) is 0.884. The second kappa shape index (κ2) is 6.65. The van der Waals surface area contributed by atoms with Gasteiger partial charge in [0.2, 0.25) is 0 Å². The normalized spacial score (nSPS) is 14.0. The van der Waals surface area contributed by atoms with Crippen LogP contribution in [0.4, 0.5) is 0 Å². The van der Waals surface area contributed by atoms with Crippen LogP contribution in [0.3, 0.4) is 0 Å². The lowest BCUT2D eigenvalue weighted by Crippen LogP contribution is -2.34. The smallest absolute Gasteiger partial charge is 0.333 e. The zero-order valence-electron chi connectivity index (χ0n) is 13.0. The summed E-state index contributed by atoms with van der Waals surface area (Å²) in [5.41, 5.74) is 3.82. The van der Waals surface area contributed by atoms with Crippen molar-refractivity contribution in [3.63, 3.8) is 0 Å². The second-order valence-electron chi connectivity index (χ2n) is 5.68. The van der Waals surface area contributed by atoms with Gasteiger partial charge in [0, 0.05) is 5.56 Å². The van der Waals surface area contributed by atoms with Crippen LogP contribution in [0.1, 0.15) is 39.5 Å². The number of ether oxygens (including phenoxy) is 1. The van der Waals surface area contributed by atoms with E-state index in [1.54, 1.807) is 12.1 Å². The summed E-state index contributed by atoms with van der Waals surface area (Å²) in [5.74, 6) is -0.746. The Morgan fingerprint density at radius 3 is 2.52 bits per heavy atom. The highest BCUT2D eigenvalue weighted by Gasteiger charge is 2.24. The maximum Gasteiger partial charge on any atom is 0.333 e. The molecule has 0 unspecified atom stereocenters. The highest BCUT2D eigenvalue weighted by molar-refractivity contribution is 5.97. The average molecular weight is 309 g/mol. The lowest BCUT2D eigenvalue weighted by molar-refractivity contribution is -0.143. The molecule has 118 valence electrons. The van der Waals surface area contributed by atoms with Crippen molar-refractivity contribution < 1.29 is 14.3 Å². The minimum Gasteiger partial charge on any atom is -0.467 e. The summed E-state index contributed by atoms with van der Waals surface area (Å²) in [7, 11) is 1.32. The van der Waals surface area contributed by atoms with Crippen LogP contribution in [-0.4, -0.2) is 19.0 Å². The van der Waals surface area contributed by atoms with E-state index in [9.17, 15) is 9.59 Å². The van der Waals surface area contributed by atoms with Crippen LogP contribution < -0.4 is 5.32 Å². The van der Waals surface area contributed by atoms with Gasteiger partial charge in [0.25, 0.3) is 5.91 Å². The molecule has 2 aromatic rings. The van der Waals surface area contributed by atoms with Gasteiger partial charge in [-0.15, -0.1) is 0 Å². The maximum atomic E-state index is 12.5. The Kier molecular flexibility index (Phi) is 4.42. The van der Waals surface area contributed by atoms with Crippen LogP contribution >= 0.6 is 0 Å². The Labute approximate surface area is 135 Å². The Bertz CT molecular complexity index is 725. The Hall–Kier alpha value is -2.62. The monoisotopic (exact) mass is 309 g/mol. The van der Waals surface area contributed by atoms with Gasteiger partial charge < -0.3 is 10.1 Å². The number of hydrogen-bond acceptors (Lipinski definition) is 3. The summed E-state index contributed by atoms with van der Waals surface area (Å²) in [4.78, 5) is 24.6. The van der Waals surface area contributed by atoms with Crippen LogP contribution in [-0.2, 0) is 22.4 Å². The van der Waals surface area contributed by atoms with E-state index in [2.05, 4.69) is 5.32 Å². The number of benzene rings is 2. The fourth-order valence-electron chi connectivity index (χ4n) is 2.97. The molecule has 4 heteroatoms. The second-order valence-corrected chi connectivity index (χ2v) is 5.68. The van der Waals surface area contributed by atoms with Gasteiger partial charge in [-0.2, -0.15) is 0 Å². The van der Waals surface area contributed by atoms with E-state index in [0.717, 1.165) is 19.3 Å². The minimum atomic E-state index is -0.804. The molecule has 0 heterocycles. The third kappa shape index (κ3) is 3.26. The van der Waals surface area contributed by atoms with Gasteiger partial charge in [-0.1, -0.05) is 36.4 Å². The Morgan fingerprint density at radius 2 is 1.78 bits per heavy atom. The molecule has 0 aliphatic heterocycles. The number of hydrogen-bond donors (Lipinski definition) is 1. The van der Waals surface area contributed by atoms with Crippen molar-refractivity contribution in [3.05, 3.63) is 70.8 Å². The molecule has 0 saturated heterocycles. The van der Waals surface area contributed by atoms with Gasteiger partial charge in [0.05, 0.1) is 7.11 Å². The van der Waals surface area contributed by atoms with Crippen LogP contribution in [0.15, 0.2) is 48.5 Å². The maximum absolute atomic E-state index is 12.5. The molecule has 0 bridgehead atoms. The third-order valence-electron chi connectivity index (χ3n) is 4.21. The highest BCUT2D eigenvalue weighted by atomic mass is 16.5. The molecule has 0 saturated carbocycles. The van der Waals surface area contributed by atoms with Crippen molar-refractivity contribution in [2.75, 3.05) is 7.11 Å². The fraction of sp³-hybridized carbons (Fsp3) is 0.263. The van der Waals surface area contributed by atoms with Gasteiger partial charge in [0.1, 0.15) is 0 Å². The van der Waals surface area contributed by atoms with Crippen molar-refractivity contribution in [2.24, 2.45) is 0 Å². The predicted molar refractivity (Wildman–Crippen MR) is 87.1 cm³/mol. The molecule has 4 nitrogen and oxygen atoms in total. The molecule has 0 fully saturated rings. The molecule has 0 aromatic heterocycles. The van der Waals surface area contributed by atoms with Gasteiger partial charge in [-0.05, 0) is 48.1 Å². The van der Waals surface area contributed by atoms with E-state index in [1.165, 1.54) is 18.2 Å². The average Bonchev–Trinajstić information content (AvgIpc) is 3.07. The number of carbonyl (C=O) groups excluding carboxylic acids is 2. The zero-order valence-corrected chi connectivity index (χ0v) is 13.0. The SMILES string of the molecule is COC(=O)[C@@H](NC(=O)c1ccc2c(c1)CCC2)c1ccccc1. The first-order valence-electron chi connectivity index (χ1n) is 7.74. The lowest BCUT2D eigenvalue weighted by atomic mass is 10.0. The first-order valence-corrected chi connectivity index (χ1v) is 7.74. The fourth-order valence-corrected chi connectivity index (χ4v) is 2.97. The van der Waals surface area contributed by atoms with Crippen LogP contribution in [0, 0.1) is 0 Å². The summed E-state index contributed by atoms with van der Waals surface area (Å²) >= 11 is 0. The Balaban J connectivity index is 1.82. The molecule has 3 rings (SSSR count). The van der Waals surface area contributed by atoms with E-state index >= 15 is 0 Å². The van der Waals surface area contributed by atoms with E-state index in [1.807, 2.05) is 36.4 Å². The molecule has 1 amide bonds. The number of amides is 1. The number of methoxy groups -OCH3 is 1. The van der Waals surface area contributed by atoms with E-state index in [0.29, 0.717) is 11.1 Å². The molecule has 1 N–H and O–H groups in total. The van der Waals surface area contributed by atoms with Gasteiger partial charge >= 0.3 is 5.97 Å². The molecular formula is C19H19NO3. The van der Waals surface area contributed by atoms with Crippen LogP contribution in [0.25, 0.3) is 0 Å². The van der Waals surface area contributed by atoms with E-state index in [4.69, 9.17) is 4.74 Å². The van der Waals surface area contributed by atoms with Gasteiger partial charge in [-0.25, -0.2) is 4.79 Å². The van der Waals surface area contributed by atoms with Crippen LogP contribution in [0.2, 0.25) is 0 Å². The number of fused-ring (bicyclic) bond motifs is 1. The number of carbonyl (C=O) groups is 2. The molecule has 1 aliphatic rings. The first-order chi connectivity index (χ1) is 11.2. The number of rotatable bonds is 4. The van der Waals surface area contributed by atoms with Crippen LogP contribution in [0.5, 0.6) is 0 Å². The largest absolute Gasteiger partial charge is 0.467 e. The summed E-state index contributed by atoms with van der Waals surface area (Å²) < 4.78 is 4.82. The van der Waals surface area contributed by atoms with Crippen molar-refractivity contribution in [1.82, 2.24) is 5.32 Å². The van der Waals surface area contributed by atoms with Crippen molar-refractivity contribution in [2.45, 2.75) is 25.3 Å². The molecule has 2 aromatic carbocycles. The molecule has 23 heavy (non-hydrogen) atoms. The van der Waals surface area contributed by atoms with Crippen molar-refractivity contribution >= 4 is 11.9 Å². The summed E-state index contributed by atoms with van der Waals surface area (Å²) in [6.07, 6.45) is 3.22. The molecule has 1 atom stereocenters. The topological polar surface area (TPSA) is 55.4 Å². The third-order valence-corrected chi connectivity index (χ3v) is 4.21. The standard InChI is InChI=1S/C19H19NO3/c1-23-19(22)17(14-6-3-2-4-7-14)20-18(21)16-11-10-13-8-5-9-15(13)12-16/h2-4,6-7,10-12,17H,5,8-9H2,1H3,(H,20,21)/t17-/m0/s1. The number of nitrogens with one attached hydrogen (secondary N) is 1. The minimum absolute atomic E-state index is 0.265.